The fraction of sp³-hybridized carbons (Fsp3) is 0.417. The van der Waals surface area contributed by atoms with Gasteiger partial charge < -0.3 is 11.1 Å². The zero-order valence-electron chi connectivity index (χ0n) is 9.67. The van der Waals surface area contributed by atoms with Crippen LogP contribution < -0.4 is 11.1 Å². The van der Waals surface area contributed by atoms with Gasteiger partial charge in [0, 0.05) is 24.2 Å². The summed E-state index contributed by atoms with van der Waals surface area (Å²) in [5.74, 6) is -2.22. The fourth-order valence-electron chi connectivity index (χ4n) is 1.50. The smallest absolute Gasteiger partial charge is 0.225 e. The van der Waals surface area contributed by atoms with E-state index in [0.717, 1.165) is 25.0 Å². The highest BCUT2D eigenvalue weighted by atomic mass is 19.2. The maximum Gasteiger partial charge on any atom is 0.225 e. The lowest BCUT2D eigenvalue weighted by molar-refractivity contribution is -0.116. The Kier molecular flexibility index (Phi) is 5.03. The molecule has 0 spiro atoms. The van der Waals surface area contributed by atoms with E-state index in [4.69, 9.17) is 5.73 Å². The zero-order valence-corrected chi connectivity index (χ0v) is 9.67. The van der Waals surface area contributed by atoms with E-state index in [1.54, 1.807) is 0 Å². The predicted octanol–water partition coefficient (Wildman–Crippen LogP) is 2.42. The third-order valence-corrected chi connectivity index (χ3v) is 2.31. The van der Waals surface area contributed by atoms with Gasteiger partial charge in [-0.3, -0.25) is 4.79 Å². The number of amides is 1. The zero-order chi connectivity index (χ0) is 12.8. The standard InChI is InChI=1S/C12H16F2N2O/c1-2-3-8(15)6-12(17)16-9-4-5-10(13)11(14)7-9/h4-5,7-8H,2-3,6,15H2,1H3,(H,16,17). The second-order valence-corrected chi connectivity index (χ2v) is 3.93. The minimum atomic E-state index is -0.986. The Morgan fingerprint density at radius 3 is 2.71 bits per heavy atom. The van der Waals surface area contributed by atoms with Crippen LogP contribution in [0.1, 0.15) is 26.2 Å². The van der Waals surface area contributed by atoms with E-state index < -0.39 is 11.6 Å². The average Bonchev–Trinajstić information content (AvgIpc) is 2.23. The Balaban J connectivity index is 2.53. The van der Waals surface area contributed by atoms with Gasteiger partial charge in [0.05, 0.1) is 0 Å². The van der Waals surface area contributed by atoms with Crippen molar-refractivity contribution in [3.8, 4) is 0 Å². The molecule has 1 rings (SSSR count). The summed E-state index contributed by atoms with van der Waals surface area (Å²) in [6, 6.07) is 3.02. The van der Waals surface area contributed by atoms with Crippen LogP contribution in [0.5, 0.6) is 0 Å². The molecule has 0 bridgehead atoms. The number of nitrogens with two attached hydrogens (primary N) is 1. The third kappa shape index (κ3) is 4.48. The largest absolute Gasteiger partial charge is 0.327 e. The fourth-order valence-corrected chi connectivity index (χ4v) is 1.50. The van der Waals surface area contributed by atoms with Crippen LogP contribution >= 0.6 is 0 Å². The monoisotopic (exact) mass is 242 g/mol. The summed E-state index contributed by atoms with van der Waals surface area (Å²) in [4.78, 5) is 11.5. The van der Waals surface area contributed by atoms with Crippen molar-refractivity contribution in [3.05, 3.63) is 29.8 Å². The van der Waals surface area contributed by atoms with E-state index in [1.807, 2.05) is 6.92 Å². The van der Waals surface area contributed by atoms with Gasteiger partial charge in [-0.15, -0.1) is 0 Å². The van der Waals surface area contributed by atoms with Gasteiger partial charge in [0.15, 0.2) is 11.6 Å². The second-order valence-electron chi connectivity index (χ2n) is 3.93. The predicted molar refractivity (Wildman–Crippen MR) is 62.5 cm³/mol. The number of carbonyl (C=O) groups is 1. The quantitative estimate of drug-likeness (QED) is 0.833. The van der Waals surface area contributed by atoms with E-state index in [9.17, 15) is 13.6 Å². The van der Waals surface area contributed by atoms with Crippen molar-refractivity contribution in [1.82, 2.24) is 0 Å². The van der Waals surface area contributed by atoms with E-state index in [0.29, 0.717) is 0 Å². The van der Waals surface area contributed by atoms with Crippen molar-refractivity contribution < 1.29 is 13.6 Å². The van der Waals surface area contributed by atoms with Gasteiger partial charge >= 0.3 is 0 Å². The van der Waals surface area contributed by atoms with E-state index >= 15 is 0 Å². The van der Waals surface area contributed by atoms with Gasteiger partial charge in [-0.05, 0) is 18.6 Å². The van der Waals surface area contributed by atoms with Crippen LogP contribution in [0.15, 0.2) is 18.2 Å². The van der Waals surface area contributed by atoms with Crippen molar-refractivity contribution >= 4 is 11.6 Å². The number of carbonyl (C=O) groups excluding carboxylic acids is 1. The molecule has 0 heterocycles. The number of hydrogen-bond donors (Lipinski definition) is 2. The average molecular weight is 242 g/mol. The number of anilines is 1. The highest BCUT2D eigenvalue weighted by molar-refractivity contribution is 5.91. The van der Waals surface area contributed by atoms with Crippen LogP contribution in [0.25, 0.3) is 0 Å². The second kappa shape index (κ2) is 6.30. The molecular weight excluding hydrogens is 226 g/mol. The number of rotatable bonds is 5. The molecule has 0 aliphatic rings. The van der Waals surface area contributed by atoms with Gasteiger partial charge in [0.1, 0.15) is 0 Å². The molecule has 0 aliphatic carbocycles. The van der Waals surface area contributed by atoms with Crippen LogP contribution in [0.4, 0.5) is 14.5 Å². The summed E-state index contributed by atoms with van der Waals surface area (Å²) in [5, 5.41) is 2.47. The molecule has 0 saturated carbocycles. The maximum absolute atomic E-state index is 12.9. The first-order valence-electron chi connectivity index (χ1n) is 5.53. The number of hydrogen-bond acceptors (Lipinski definition) is 2. The highest BCUT2D eigenvalue weighted by Gasteiger charge is 2.10. The molecule has 3 nitrogen and oxygen atoms in total. The van der Waals surface area contributed by atoms with E-state index in [2.05, 4.69) is 5.32 Å². The summed E-state index contributed by atoms with van der Waals surface area (Å²) in [6.07, 6.45) is 1.83. The Morgan fingerprint density at radius 1 is 1.41 bits per heavy atom. The molecule has 0 saturated heterocycles. The van der Waals surface area contributed by atoms with Crippen molar-refractivity contribution in [3.63, 3.8) is 0 Å². The summed E-state index contributed by atoms with van der Waals surface area (Å²) in [6.45, 7) is 1.98. The van der Waals surface area contributed by atoms with Gasteiger partial charge in [-0.2, -0.15) is 0 Å². The Labute approximate surface area is 99.0 Å². The Morgan fingerprint density at radius 2 is 2.12 bits per heavy atom. The molecule has 3 N–H and O–H groups in total. The van der Waals surface area contributed by atoms with Crippen LogP contribution in [0.3, 0.4) is 0 Å². The Bertz CT molecular complexity index is 396. The van der Waals surface area contributed by atoms with E-state index in [1.165, 1.54) is 6.07 Å². The lowest BCUT2D eigenvalue weighted by Crippen LogP contribution is -2.26. The molecule has 5 heteroatoms. The molecule has 0 radical (unpaired) electrons. The minimum Gasteiger partial charge on any atom is -0.327 e. The van der Waals surface area contributed by atoms with Gasteiger partial charge in [0.25, 0.3) is 0 Å². The van der Waals surface area contributed by atoms with Crippen LogP contribution in [0.2, 0.25) is 0 Å². The molecule has 1 amide bonds. The normalized spacial score (nSPS) is 12.2. The Hall–Kier alpha value is -1.49. The van der Waals surface area contributed by atoms with Gasteiger partial charge in [-0.1, -0.05) is 13.3 Å². The maximum atomic E-state index is 12.9. The molecule has 1 aromatic carbocycles. The SMILES string of the molecule is CCCC(N)CC(=O)Nc1ccc(F)c(F)c1. The molecule has 0 aliphatic heterocycles. The number of benzene rings is 1. The highest BCUT2D eigenvalue weighted by Crippen LogP contribution is 2.13. The first-order chi connectivity index (χ1) is 8.02. The first kappa shape index (κ1) is 13.6. The van der Waals surface area contributed by atoms with Crippen LogP contribution in [0, 0.1) is 11.6 Å². The lowest BCUT2D eigenvalue weighted by Gasteiger charge is -2.10. The van der Waals surface area contributed by atoms with Gasteiger partial charge in [-0.25, -0.2) is 8.78 Å². The lowest BCUT2D eigenvalue weighted by atomic mass is 10.1. The van der Waals surface area contributed by atoms with Crippen LogP contribution in [-0.4, -0.2) is 11.9 Å². The molecule has 17 heavy (non-hydrogen) atoms. The van der Waals surface area contributed by atoms with Crippen molar-refractivity contribution in [2.24, 2.45) is 5.73 Å². The molecular formula is C12H16F2N2O. The van der Waals surface area contributed by atoms with E-state index in [-0.39, 0.29) is 24.1 Å². The number of nitrogens with one attached hydrogen (secondary N) is 1. The third-order valence-electron chi connectivity index (χ3n) is 2.31. The summed E-state index contributed by atoms with van der Waals surface area (Å²) < 4.78 is 25.5. The topological polar surface area (TPSA) is 55.1 Å². The minimum absolute atomic E-state index is 0.173. The summed E-state index contributed by atoms with van der Waals surface area (Å²) in [5.41, 5.74) is 5.93. The molecule has 1 atom stereocenters. The van der Waals surface area contributed by atoms with Crippen molar-refractivity contribution in [2.75, 3.05) is 5.32 Å². The molecule has 0 aromatic heterocycles. The molecule has 1 aromatic rings. The summed E-state index contributed by atoms with van der Waals surface area (Å²) in [7, 11) is 0. The van der Waals surface area contributed by atoms with Crippen molar-refractivity contribution in [1.29, 1.82) is 0 Å². The first-order valence-corrected chi connectivity index (χ1v) is 5.53. The van der Waals surface area contributed by atoms with Crippen LogP contribution in [-0.2, 0) is 4.79 Å². The summed E-state index contributed by atoms with van der Waals surface area (Å²) >= 11 is 0. The molecule has 1 unspecified atom stereocenters. The molecule has 94 valence electrons. The molecule has 0 fully saturated rings. The number of halogens is 2. The van der Waals surface area contributed by atoms with Crippen molar-refractivity contribution in [2.45, 2.75) is 32.2 Å². The van der Waals surface area contributed by atoms with Gasteiger partial charge in [0.2, 0.25) is 5.91 Å².